The Morgan fingerprint density at radius 1 is 0.313 bits per heavy atom. The molecule has 6 nitrogen and oxygen atoms in total. The summed E-state index contributed by atoms with van der Waals surface area (Å²) in [5.74, 6) is -1.10. The van der Waals surface area contributed by atoms with Crippen LogP contribution in [-0.4, -0.2) is 37.2 Å². The molecule has 0 radical (unpaired) electrons. The quantitative estimate of drug-likeness (QED) is 0.0199. The highest BCUT2D eigenvalue weighted by molar-refractivity contribution is 5.71. The highest BCUT2D eigenvalue weighted by Crippen LogP contribution is 2.11. The average Bonchev–Trinajstić information content (AvgIpc) is 3.33. The summed E-state index contributed by atoms with van der Waals surface area (Å²) in [7, 11) is 0. The SMILES string of the molecule is CC\C=C/C=C\C=C/C=C\C=C\C=C/CCCCCC(=O)OCC(COC(=O)CCCCCCCC/C=C\C/C=C\C/C=C\CC)OC(=O)CC/C=C\C/C=C\C/C=C\C/C=C\C/C=C\CC. The molecule has 1 atom stereocenters. The van der Waals surface area contributed by atoms with Crippen molar-refractivity contribution in [2.24, 2.45) is 0 Å². The molecule has 6 heteroatoms. The summed E-state index contributed by atoms with van der Waals surface area (Å²) < 4.78 is 16.7. The Kier molecular flexibility index (Phi) is 49.2. The highest BCUT2D eigenvalue weighted by Gasteiger charge is 2.19. The van der Waals surface area contributed by atoms with Gasteiger partial charge in [0.15, 0.2) is 6.10 Å². The summed E-state index contributed by atoms with van der Waals surface area (Å²) in [6.45, 7) is 6.12. The van der Waals surface area contributed by atoms with Crippen molar-refractivity contribution in [3.63, 3.8) is 0 Å². The average molecular weight is 919 g/mol. The van der Waals surface area contributed by atoms with Crippen LogP contribution >= 0.6 is 0 Å². The third-order valence-corrected chi connectivity index (χ3v) is 9.87. The largest absolute Gasteiger partial charge is 0.462 e. The van der Waals surface area contributed by atoms with E-state index >= 15 is 0 Å². The van der Waals surface area contributed by atoms with Gasteiger partial charge in [0.25, 0.3) is 0 Å². The molecule has 0 aromatic heterocycles. The zero-order valence-electron chi connectivity index (χ0n) is 42.1. The Hall–Kier alpha value is -5.23. The van der Waals surface area contributed by atoms with Crippen molar-refractivity contribution in [1.82, 2.24) is 0 Å². The van der Waals surface area contributed by atoms with Gasteiger partial charge in [0, 0.05) is 19.3 Å². The van der Waals surface area contributed by atoms with Gasteiger partial charge in [-0.2, -0.15) is 0 Å². The summed E-state index contributed by atoms with van der Waals surface area (Å²) >= 11 is 0. The summed E-state index contributed by atoms with van der Waals surface area (Å²) in [6, 6.07) is 0. The third-order valence-electron chi connectivity index (χ3n) is 9.87. The van der Waals surface area contributed by atoms with Gasteiger partial charge in [-0.1, -0.05) is 223 Å². The Bertz CT molecular complexity index is 1620. The van der Waals surface area contributed by atoms with Crippen LogP contribution in [-0.2, 0) is 28.6 Å². The maximum Gasteiger partial charge on any atom is 0.306 e. The van der Waals surface area contributed by atoms with Gasteiger partial charge in [-0.05, 0) is 103 Å². The molecule has 0 rings (SSSR count). The number of rotatable bonds is 43. The molecule has 0 fully saturated rings. The van der Waals surface area contributed by atoms with Gasteiger partial charge in [-0.3, -0.25) is 14.4 Å². The van der Waals surface area contributed by atoms with Crippen LogP contribution < -0.4 is 0 Å². The lowest BCUT2D eigenvalue weighted by Gasteiger charge is -2.18. The highest BCUT2D eigenvalue weighted by atomic mass is 16.6. The first-order valence-corrected chi connectivity index (χ1v) is 25.7. The molecule has 0 heterocycles. The molecule has 0 aromatic carbocycles. The zero-order chi connectivity index (χ0) is 48.6. The van der Waals surface area contributed by atoms with E-state index < -0.39 is 12.1 Å². The number of carbonyl (C=O) groups excluding carboxylic acids is 3. The van der Waals surface area contributed by atoms with Gasteiger partial charge < -0.3 is 14.2 Å². The number of esters is 3. The lowest BCUT2D eigenvalue weighted by molar-refractivity contribution is -0.166. The smallest absolute Gasteiger partial charge is 0.306 e. The van der Waals surface area contributed by atoms with Crippen LogP contribution in [0.3, 0.4) is 0 Å². The minimum atomic E-state index is -0.851. The molecule has 1 unspecified atom stereocenters. The second-order valence-corrected chi connectivity index (χ2v) is 16.1. The van der Waals surface area contributed by atoms with Crippen LogP contribution in [0, 0.1) is 0 Å². The third kappa shape index (κ3) is 51.6. The monoisotopic (exact) mass is 919 g/mol. The predicted molar refractivity (Wildman–Crippen MR) is 288 cm³/mol. The van der Waals surface area contributed by atoms with E-state index in [9.17, 15) is 14.4 Å². The molecule has 67 heavy (non-hydrogen) atoms. The summed E-state index contributed by atoms with van der Waals surface area (Å²) in [4.78, 5) is 38.0. The molecule has 0 aliphatic carbocycles. The molecule has 0 N–H and O–H groups in total. The standard InChI is InChI=1S/C61H90O6/c1-4-7-10-13-16-19-22-25-28-31-34-36-39-42-45-48-51-54-60(63)66-57-58(67-61(64)55-52-49-46-43-40-37-33-30-27-24-21-18-15-12-9-6-3)56-65-59(62)53-50-47-44-41-38-35-32-29-26-23-20-17-14-11-8-5-2/h7-13,16-22,25-31,34,36-37,39-40,46,49,58H,4-6,14-15,23-24,32-33,35,38,41-45,47-48,50-57H2,1-3H3/b10-7-,11-8-,12-9-,16-13-,20-17-,21-18-,22-19-,28-25-,29-26-,30-27-,34-31+,39-36-,40-37-,49-46-. The van der Waals surface area contributed by atoms with Crippen LogP contribution in [0.5, 0.6) is 0 Å². The van der Waals surface area contributed by atoms with Crippen molar-refractivity contribution in [3.05, 3.63) is 170 Å². The number of carbonyl (C=O) groups is 3. The maximum absolute atomic E-state index is 12.8. The van der Waals surface area contributed by atoms with Crippen molar-refractivity contribution < 1.29 is 28.6 Å². The van der Waals surface area contributed by atoms with Gasteiger partial charge >= 0.3 is 17.9 Å². The minimum Gasteiger partial charge on any atom is -0.462 e. The van der Waals surface area contributed by atoms with Crippen LogP contribution in [0.1, 0.15) is 175 Å². The normalized spacial score (nSPS) is 13.5. The van der Waals surface area contributed by atoms with Crippen molar-refractivity contribution in [2.45, 2.75) is 181 Å². The lowest BCUT2D eigenvalue weighted by atomic mass is 10.1. The lowest BCUT2D eigenvalue weighted by Crippen LogP contribution is -2.30. The maximum atomic E-state index is 12.8. The Balaban J connectivity index is 4.66. The predicted octanol–water partition coefficient (Wildman–Crippen LogP) is 17.2. The first kappa shape index (κ1) is 61.8. The fourth-order valence-electron chi connectivity index (χ4n) is 6.12. The van der Waals surface area contributed by atoms with Crippen molar-refractivity contribution in [2.75, 3.05) is 13.2 Å². The van der Waals surface area contributed by atoms with Gasteiger partial charge in [-0.25, -0.2) is 0 Å². The molecule has 370 valence electrons. The van der Waals surface area contributed by atoms with E-state index in [0.717, 1.165) is 109 Å². The summed E-state index contributed by atoms with van der Waals surface area (Å²) in [6.07, 6.45) is 79.1. The molecular weight excluding hydrogens is 829 g/mol. The van der Waals surface area contributed by atoms with E-state index in [2.05, 4.69) is 118 Å². The number of hydrogen-bond donors (Lipinski definition) is 0. The Labute approximate surface area is 409 Å². The molecule has 0 aromatic rings. The van der Waals surface area contributed by atoms with Crippen LogP contribution in [0.2, 0.25) is 0 Å². The molecule has 0 saturated carbocycles. The number of ether oxygens (including phenoxy) is 3. The van der Waals surface area contributed by atoms with E-state index in [1.807, 2.05) is 72.9 Å². The molecule has 0 amide bonds. The molecule has 0 saturated heterocycles. The number of unbranched alkanes of at least 4 members (excludes halogenated alkanes) is 9. The first-order chi connectivity index (χ1) is 33.0. The summed E-state index contributed by atoms with van der Waals surface area (Å²) in [5.41, 5.74) is 0. The van der Waals surface area contributed by atoms with Crippen LogP contribution in [0.25, 0.3) is 0 Å². The van der Waals surface area contributed by atoms with Crippen molar-refractivity contribution in [3.8, 4) is 0 Å². The first-order valence-electron chi connectivity index (χ1n) is 25.7. The number of hydrogen-bond acceptors (Lipinski definition) is 6. The molecule has 0 aliphatic heterocycles. The molecule has 0 aliphatic rings. The number of allylic oxidation sites excluding steroid dienone is 28. The fraction of sp³-hybridized carbons (Fsp3) is 0.492. The van der Waals surface area contributed by atoms with Gasteiger partial charge in [0.1, 0.15) is 13.2 Å². The van der Waals surface area contributed by atoms with Gasteiger partial charge in [0.2, 0.25) is 0 Å². The van der Waals surface area contributed by atoms with E-state index in [0.29, 0.717) is 19.3 Å². The van der Waals surface area contributed by atoms with Gasteiger partial charge in [0.05, 0.1) is 0 Å². The van der Waals surface area contributed by atoms with E-state index in [1.54, 1.807) is 0 Å². The Morgan fingerprint density at radius 3 is 1.09 bits per heavy atom. The molecule has 0 bridgehead atoms. The second-order valence-electron chi connectivity index (χ2n) is 16.1. The molecule has 0 spiro atoms. The van der Waals surface area contributed by atoms with E-state index in [1.165, 1.54) is 12.8 Å². The van der Waals surface area contributed by atoms with E-state index in [-0.39, 0.29) is 38.0 Å². The zero-order valence-corrected chi connectivity index (χ0v) is 42.1. The van der Waals surface area contributed by atoms with Gasteiger partial charge in [-0.15, -0.1) is 0 Å². The van der Waals surface area contributed by atoms with E-state index in [4.69, 9.17) is 14.2 Å². The van der Waals surface area contributed by atoms with Crippen molar-refractivity contribution in [1.29, 1.82) is 0 Å². The fourth-order valence-corrected chi connectivity index (χ4v) is 6.12. The van der Waals surface area contributed by atoms with Crippen LogP contribution in [0.4, 0.5) is 0 Å². The van der Waals surface area contributed by atoms with Crippen molar-refractivity contribution >= 4 is 17.9 Å². The van der Waals surface area contributed by atoms with Crippen LogP contribution in [0.15, 0.2) is 170 Å². The minimum absolute atomic E-state index is 0.139. The second kappa shape index (κ2) is 53.4. The molecular formula is C61H90O6. The Morgan fingerprint density at radius 2 is 0.642 bits per heavy atom. The summed E-state index contributed by atoms with van der Waals surface area (Å²) in [5, 5.41) is 0. The topological polar surface area (TPSA) is 78.9 Å².